The molecule has 0 saturated heterocycles. The molecule has 0 amide bonds. The molecule has 0 spiro atoms. The number of hydrogen-bond donors (Lipinski definition) is 1. The fourth-order valence-corrected chi connectivity index (χ4v) is 1.13. The molecule has 1 N–H and O–H groups in total. The molecular weight excluding hydrogens is 215 g/mol. The van der Waals surface area contributed by atoms with Gasteiger partial charge in [-0.05, 0) is 18.2 Å². The van der Waals surface area contributed by atoms with Gasteiger partial charge < -0.3 is 9.84 Å². The first-order valence-corrected chi connectivity index (χ1v) is 4.72. The first-order valence-electron chi connectivity index (χ1n) is 4.72. The van der Waals surface area contributed by atoms with Crippen molar-refractivity contribution >= 4 is 11.8 Å². The van der Waals surface area contributed by atoms with Crippen LogP contribution in [-0.2, 0) is 4.79 Å². The molecular formula is C11H11FO4. The highest BCUT2D eigenvalue weighted by molar-refractivity contribution is 5.95. The number of ether oxygens (including phenoxy) is 1. The third-order valence-electron chi connectivity index (χ3n) is 1.93. The molecule has 0 aromatic heterocycles. The van der Waals surface area contributed by atoms with Gasteiger partial charge in [0.2, 0.25) is 0 Å². The minimum Gasteiger partial charge on any atom is -0.479 e. The van der Waals surface area contributed by atoms with Gasteiger partial charge in [-0.1, -0.05) is 6.92 Å². The van der Waals surface area contributed by atoms with Crippen molar-refractivity contribution in [3.8, 4) is 5.75 Å². The van der Waals surface area contributed by atoms with Crippen molar-refractivity contribution in [1.29, 1.82) is 0 Å². The fourth-order valence-electron chi connectivity index (χ4n) is 1.13. The van der Waals surface area contributed by atoms with Crippen LogP contribution in [-0.4, -0.2) is 23.5 Å². The standard InChI is InChI=1S/C11H11FO4/c1-2-9(13)7-3-4-10(8(12)5-7)16-6-11(14)15/h3-5H,2,6H2,1H3,(H,14,15). The Bertz CT molecular complexity index is 414. The van der Waals surface area contributed by atoms with Crippen LogP contribution in [0, 0.1) is 5.82 Å². The van der Waals surface area contributed by atoms with Gasteiger partial charge in [-0.3, -0.25) is 4.79 Å². The number of carboxylic acid groups (broad SMARTS) is 1. The van der Waals surface area contributed by atoms with Crippen LogP contribution in [0.1, 0.15) is 23.7 Å². The average Bonchev–Trinajstić information content (AvgIpc) is 2.26. The molecule has 0 bridgehead atoms. The Labute approximate surface area is 91.7 Å². The monoisotopic (exact) mass is 226 g/mol. The normalized spacial score (nSPS) is 9.88. The highest BCUT2D eigenvalue weighted by atomic mass is 19.1. The van der Waals surface area contributed by atoms with Crippen molar-refractivity contribution < 1.29 is 23.8 Å². The van der Waals surface area contributed by atoms with E-state index in [-0.39, 0.29) is 23.5 Å². The first-order chi connectivity index (χ1) is 7.54. The van der Waals surface area contributed by atoms with Crippen molar-refractivity contribution in [1.82, 2.24) is 0 Å². The van der Waals surface area contributed by atoms with E-state index in [0.29, 0.717) is 0 Å². The molecule has 1 rings (SSSR count). The van der Waals surface area contributed by atoms with E-state index < -0.39 is 18.4 Å². The zero-order chi connectivity index (χ0) is 12.1. The fraction of sp³-hybridized carbons (Fsp3) is 0.273. The predicted octanol–water partition coefficient (Wildman–Crippen LogP) is 1.88. The lowest BCUT2D eigenvalue weighted by atomic mass is 10.1. The second-order valence-corrected chi connectivity index (χ2v) is 3.10. The summed E-state index contributed by atoms with van der Waals surface area (Å²) >= 11 is 0. The van der Waals surface area contributed by atoms with Crippen molar-refractivity contribution in [3.63, 3.8) is 0 Å². The number of carboxylic acids is 1. The van der Waals surface area contributed by atoms with Crippen LogP contribution in [0.5, 0.6) is 5.75 Å². The predicted molar refractivity (Wildman–Crippen MR) is 54.2 cm³/mol. The maximum Gasteiger partial charge on any atom is 0.341 e. The molecule has 4 nitrogen and oxygen atoms in total. The topological polar surface area (TPSA) is 63.6 Å². The van der Waals surface area contributed by atoms with Crippen LogP contribution in [0.3, 0.4) is 0 Å². The molecule has 16 heavy (non-hydrogen) atoms. The Balaban J connectivity index is 2.83. The van der Waals surface area contributed by atoms with Crippen molar-refractivity contribution in [2.75, 3.05) is 6.61 Å². The third kappa shape index (κ3) is 3.05. The molecule has 86 valence electrons. The highest BCUT2D eigenvalue weighted by Crippen LogP contribution is 2.19. The average molecular weight is 226 g/mol. The number of ketones is 1. The SMILES string of the molecule is CCC(=O)c1ccc(OCC(=O)O)c(F)c1. The van der Waals surface area contributed by atoms with Gasteiger partial charge in [0, 0.05) is 12.0 Å². The van der Waals surface area contributed by atoms with Crippen molar-refractivity contribution in [2.45, 2.75) is 13.3 Å². The zero-order valence-electron chi connectivity index (χ0n) is 8.70. The number of Topliss-reactive ketones (excluding diaryl/α,β-unsaturated/α-hetero) is 1. The minimum absolute atomic E-state index is 0.171. The molecule has 0 fully saturated rings. The van der Waals surface area contributed by atoms with E-state index in [1.54, 1.807) is 6.92 Å². The van der Waals surface area contributed by atoms with E-state index in [1.165, 1.54) is 12.1 Å². The molecule has 0 atom stereocenters. The molecule has 0 radical (unpaired) electrons. The maximum atomic E-state index is 13.3. The number of halogens is 1. The molecule has 0 unspecified atom stereocenters. The zero-order valence-corrected chi connectivity index (χ0v) is 8.70. The van der Waals surface area contributed by atoms with Crippen molar-refractivity contribution in [3.05, 3.63) is 29.6 Å². The Morgan fingerprint density at radius 2 is 2.12 bits per heavy atom. The van der Waals surface area contributed by atoms with Gasteiger partial charge in [0.05, 0.1) is 0 Å². The quantitative estimate of drug-likeness (QED) is 0.778. The van der Waals surface area contributed by atoms with E-state index in [9.17, 15) is 14.0 Å². The van der Waals surface area contributed by atoms with Crippen LogP contribution in [0.2, 0.25) is 0 Å². The van der Waals surface area contributed by atoms with Crippen LogP contribution >= 0.6 is 0 Å². The van der Waals surface area contributed by atoms with Gasteiger partial charge >= 0.3 is 5.97 Å². The highest BCUT2D eigenvalue weighted by Gasteiger charge is 2.10. The maximum absolute atomic E-state index is 13.3. The molecule has 0 saturated carbocycles. The van der Waals surface area contributed by atoms with E-state index in [2.05, 4.69) is 4.74 Å². The molecule has 1 aromatic carbocycles. The minimum atomic E-state index is -1.19. The number of aliphatic carboxylic acids is 1. The van der Waals surface area contributed by atoms with Crippen LogP contribution in [0.4, 0.5) is 4.39 Å². The third-order valence-corrected chi connectivity index (χ3v) is 1.93. The number of carbonyl (C=O) groups is 2. The summed E-state index contributed by atoms with van der Waals surface area (Å²) in [5.41, 5.74) is 0.252. The van der Waals surface area contributed by atoms with Crippen LogP contribution in [0.25, 0.3) is 0 Å². The summed E-state index contributed by atoms with van der Waals surface area (Å²) in [5, 5.41) is 8.35. The van der Waals surface area contributed by atoms with Gasteiger partial charge in [-0.25, -0.2) is 9.18 Å². The molecule has 0 heterocycles. The molecule has 5 heteroatoms. The van der Waals surface area contributed by atoms with E-state index in [0.717, 1.165) is 6.07 Å². The van der Waals surface area contributed by atoms with Gasteiger partial charge in [0.1, 0.15) is 0 Å². The number of benzene rings is 1. The molecule has 0 aliphatic rings. The lowest BCUT2D eigenvalue weighted by Gasteiger charge is -2.05. The van der Waals surface area contributed by atoms with Gasteiger partial charge in [-0.2, -0.15) is 0 Å². The largest absolute Gasteiger partial charge is 0.479 e. The number of hydrogen-bond acceptors (Lipinski definition) is 3. The summed E-state index contributed by atoms with van der Waals surface area (Å²) in [6.07, 6.45) is 0.286. The summed E-state index contributed by atoms with van der Waals surface area (Å²) in [5.74, 6) is -2.27. The molecule has 1 aromatic rings. The first kappa shape index (κ1) is 12.2. The van der Waals surface area contributed by atoms with Crippen molar-refractivity contribution in [2.24, 2.45) is 0 Å². The lowest BCUT2D eigenvalue weighted by Crippen LogP contribution is -2.10. The second kappa shape index (κ2) is 5.25. The molecule has 0 aliphatic carbocycles. The number of carbonyl (C=O) groups excluding carboxylic acids is 1. The van der Waals surface area contributed by atoms with Gasteiger partial charge in [-0.15, -0.1) is 0 Å². The summed E-state index contributed by atoms with van der Waals surface area (Å²) in [6.45, 7) is 1.06. The lowest BCUT2D eigenvalue weighted by molar-refractivity contribution is -0.139. The Hall–Kier alpha value is -1.91. The Morgan fingerprint density at radius 1 is 1.44 bits per heavy atom. The summed E-state index contributed by atoms with van der Waals surface area (Å²) in [4.78, 5) is 21.4. The smallest absolute Gasteiger partial charge is 0.341 e. The summed E-state index contributed by atoms with van der Waals surface area (Å²) < 4.78 is 18.0. The van der Waals surface area contributed by atoms with E-state index in [4.69, 9.17) is 5.11 Å². The van der Waals surface area contributed by atoms with E-state index >= 15 is 0 Å². The summed E-state index contributed by atoms with van der Waals surface area (Å²) in [6, 6.07) is 3.70. The van der Waals surface area contributed by atoms with Crippen LogP contribution in [0.15, 0.2) is 18.2 Å². The molecule has 0 aliphatic heterocycles. The van der Waals surface area contributed by atoms with E-state index in [1.807, 2.05) is 0 Å². The van der Waals surface area contributed by atoms with Gasteiger partial charge in [0.15, 0.2) is 24.0 Å². The number of rotatable bonds is 5. The Kier molecular flexibility index (Phi) is 3.99. The van der Waals surface area contributed by atoms with Crippen LogP contribution < -0.4 is 4.74 Å². The Morgan fingerprint density at radius 3 is 2.62 bits per heavy atom. The summed E-state index contributed by atoms with van der Waals surface area (Å²) in [7, 11) is 0. The second-order valence-electron chi connectivity index (χ2n) is 3.10. The van der Waals surface area contributed by atoms with Gasteiger partial charge in [0.25, 0.3) is 0 Å².